The molecule has 2 fully saturated rings. The number of hydrogen-bond donors (Lipinski definition) is 3. The number of likely N-dealkylation sites (N-methyl/N-ethyl adjacent to an activating group) is 2. The molecular weight excluding hydrogens is 681 g/mol. The normalized spacial score (nSPS) is 18.8. The van der Waals surface area contributed by atoms with E-state index in [9.17, 15) is 44.3 Å². The summed E-state index contributed by atoms with van der Waals surface area (Å²) in [6, 6.07) is 0.573. The first-order valence-electron chi connectivity index (χ1n) is 14.0. The number of piperidine rings is 1. The molecule has 276 valence electrons. The first-order chi connectivity index (χ1) is 21.8. The number of aromatic nitrogens is 3. The molecule has 3 N–H and O–H groups in total. The number of halogens is 9. The minimum Gasteiger partial charge on any atom is -0.475 e. The SMILES string of the molecule is CC(C)N1CCC2(CC1)c1nnc(C(=O)N3CCN(C)CC3)n1CCN2C.O=C(O)C(F)(F)F.O=C(O)C(F)(F)F.O=C(O)C(F)(F)F. The lowest BCUT2D eigenvalue weighted by Gasteiger charge is -2.49. The van der Waals surface area contributed by atoms with E-state index in [0.717, 1.165) is 71.0 Å². The van der Waals surface area contributed by atoms with E-state index in [1.165, 1.54) is 0 Å². The first-order valence-corrected chi connectivity index (χ1v) is 14.0. The molecule has 0 bridgehead atoms. The number of aliphatic carboxylic acids is 3. The molecule has 1 amide bonds. The van der Waals surface area contributed by atoms with E-state index in [2.05, 4.69) is 57.4 Å². The Labute approximate surface area is 267 Å². The van der Waals surface area contributed by atoms with Crippen LogP contribution in [-0.4, -0.2) is 158 Å². The van der Waals surface area contributed by atoms with Crippen LogP contribution in [0.2, 0.25) is 0 Å². The number of carbonyl (C=O) groups is 4. The summed E-state index contributed by atoms with van der Waals surface area (Å²) in [4.78, 5) is 49.0. The summed E-state index contributed by atoms with van der Waals surface area (Å²) in [6.07, 6.45) is -13.2. The molecule has 1 aromatic heterocycles. The molecule has 4 rings (SSSR count). The van der Waals surface area contributed by atoms with Gasteiger partial charge in [-0.1, -0.05) is 0 Å². The number of hydrogen-bond acceptors (Lipinski definition) is 9. The largest absolute Gasteiger partial charge is 0.490 e. The maximum atomic E-state index is 13.1. The summed E-state index contributed by atoms with van der Waals surface area (Å²) in [7, 11) is 4.30. The average molecular weight is 718 g/mol. The van der Waals surface area contributed by atoms with E-state index in [4.69, 9.17) is 29.7 Å². The van der Waals surface area contributed by atoms with Crippen molar-refractivity contribution in [1.82, 2.24) is 34.4 Å². The predicted molar refractivity (Wildman–Crippen MR) is 145 cm³/mol. The molecule has 0 aromatic carbocycles. The molecule has 0 aliphatic carbocycles. The number of fused-ring (bicyclic) bond motifs is 2. The lowest BCUT2D eigenvalue weighted by Crippen LogP contribution is -2.57. The number of alkyl halides is 9. The zero-order valence-corrected chi connectivity index (χ0v) is 26.2. The number of carbonyl (C=O) groups excluding carboxylic acids is 1. The number of likely N-dealkylation sites (tertiary alicyclic amines) is 1. The van der Waals surface area contributed by atoms with Gasteiger partial charge in [0.2, 0.25) is 5.82 Å². The van der Waals surface area contributed by atoms with Crippen molar-refractivity contribution in [3.8, 4) is 0 Å². The van der Waals surface area contributed by atoms with Gasteiger partial charge in [0, 0.05) is 58.4 Å². The third-order valence-electron chi connectivity index (χ3n) is 7.62. The summed E-state index contributed by atoms with van der Waals surface area (Å²) in [5.41, 5.74) is -0.0860. The van der Waals surface area contributed by atoms with Gasteiger partial charge in [-0.2, -0.15) is 39.5 Å². The number of amides is 1. The van der Waals surface area contributed by atoms with Gasteiger partial charge >= 0.3 is 36.4 Å². The van der Waals surface area contributed by atoms with Gasteiger partial charge in [-0.15, -0.1) is 10.2 Å². The molecule has 23 heteroatoms. The molecule has 4 heterocycles. The number of carboxylic acids is 3. The molecule has 0 unspecified atom stereocenters. The molecule has 1 spiro atoms. The van der Waals surface area contributed by atoms with Crippen LogP contribution in [0.5, 0.6) is 0 Å². The van der Waals surface area contributed by atoms with Crippen LogP contribution in [0.4, 0.5) is 39.5 Å². The Kier molecular flexibility index (Phi) is 14.6. The van der Waals surface area contributed by atoms with Crippen molar-refractivity contribution in [2.75, 3.05) is 59.9 Å². The number of carboxylic acid groups (broad SMARTS) is 3. The van der Waals surface area contributed by atoms with Crippen LogP contribution in [0.1, 0.15) is 43.1 Å². The number of rotatable bonds is 2. The fourth-order valence-corrected chi connectivity index (χ4v) is 4.82. The van der Waals surface area contributed by atoms with Crippen LogP contribution in [0.15, 0.2) is 0 Å². The average Bonchev–Trinajstić information content (AvgIpc) is 3.40. The maximum absolute atomic E-state index is 13.1. The van der Waals surface area contributed by atoms with Crippen LogP contribution >= 0.6 is 0 Å². The van der Waals surface area contributed by atoms with E-state index in [0.29, 0.717) is 11.9 Å². The smallest absolute Gasteiger partial charge is 0.475 e. The molecule has 1 aromatic rings. The zero-order valence-electron chi connectivity index (χ0n) is 26.2. The fraction of sp³-hybridized carbons (Fsp3) is 0.760. The van der Waals surface area contributed by atoms with Gasteiger partial charge in [0.25, 0.3) is 5.91 Å². The molecule has 48 heavy (non-hydrogen) atoms. The van der Waals surface area contributed by atoms with Crippen molar-refractivity contribution < 1.29 is 74.0 Å². The highest BCUT2D eigenvalue weighted by molar-refractivity contribution is 5.91. The third kappa shape index (κ3) is 11.8. The van der Waals surface area contributed by atoms with Crippen LogP contribution in [-0.2, 0) is 26.5 Å². The quantitative estimate of drug-likeness (QED) is 0.382. The van der Waals surface area contributed by atoms with Gasteiger partial charge in [0.15, 0.2) is 5.82 Å². The lowest BCUT2D eigenvalue weighted by molar-refractivity contribution is -0.193. The fourth-order valence-electron chi connectivity index (χ4n) is 4.82. The van der Waals surface area contributed by atoms with Crippen molar-refractivity contribution in [1.29, 1.82) is 0 Å². The molecule has 0 saturated carbocycles. The molecular formula is C25H36F9N7O7. The van der Waals surface area contributed by atoms with E-state index in [1.54, 1.807) is 0 Å². The van der Waals surface area contributed by atoms with Gasteiger partial charge in [0.1, 0.15) is 0 Å². The number of piperazine rings is 1. The Morgan fingerprint density at radius 1 is 0.667 bits per heavy atom. The zero-order chi connectivity index (χ0) is 37.4. The van der Waals surface area contributed by atoms with E-state index in [1.807, 2.05) is 4.90 Å². The van der Waals surface area contributed by atoms with Gasteiger partial charge in [-0.05, 0) is 40.8 Å². The van der Waals surface area contributed by atoms with Gasteiger partial charge in [0.05, 0.1) is 5.54 Å². The summed E-state index contributed by atoms with van der Waals surface area (Å²) < 4.78 is 97.3. The van der Waals surface area contributed by atoms with Gasteiger partial charge < -0.3 is 34.6 Å². The van der Waals surface area contributed by atoms with Gasteiger partial charge in [-0.3, -0.25) is 9.69 Å². The molecule has 3 aliphatic rings. The Balaban J connectivity index is 0.000000448. The first kappa shape index (κ1) is 42.3. The van der Waals surface area contributed by atoms with Crippen molar-refractivity contribution in [3.05, 3.63) is 11.6 Å². The second-order valence-corrected chi connectivity index (χ2v) is 11.1. The lowest BCUT2D eigenvalue weighted by atomic mass is 9.83. The Morgan fingerprint density at radius 3 is 1.42 bits per heavy atom. The van der Waals surface area contributed by atoms with Crippen LogP contribution in [0, 0.1) is 0 Å². The Morgan fingerprint density at radius 2 is 1.06 bits per heavy atom. The van der Waals surface area contributed by atoms with Crippen molar-refractivity contribution in [2.24, 2.45) is 0 Å². The second-order valence-electron chi connectivity index (χ2n) is 11.1. The highest BCUT2D eigenvalue weighted by Crippen LogP contribution is 2.40. The monoisotopic (exact) mass is 717 g/mol. The number of nitrogens with zero attached hydrogens (tertiary/aromatic N) is 7. The summed E-state index contributed by atoms with van der Waals surface area (Å²) >= 11 is 0. The molecule has 3 aliphatic heterocycles. The second kappa shape index (κ2) is 16.6. The minimum atomic E-state index is -5.08. The van der Waals surface area contributed by atoms with E-state index < -0.39 is 36.4 Å². The summed E-state index contributed by atoms with van der Waals surface area (Å²) in [5.74, 6) is -6.70. The van der Waals surface area contributed by atoms with E-state index in [-0.39, 0.29) is 11.4 Å². The summed E-state index contributed by atoms with van der Waals surface area (Å²) in [5, 5.41) is 30.4. The van der Waals surface area contributed by atoms with Crippen molar-refractivity contribution >= 4 is 23.8 Å². The van der Waals surface area contributed by atoms with Crippen LogP contribution < -0.4 is 0 Å². The topological polar surface area (TPSA) is 173 Å². The third-order valence-corrected chi connectivity index (χ3v) is 7.62. The van der Waals surface area contributed by atoms with E-state index >= 15 is 0 Å². The molecule has 0 atom stereocenters. The van der Waals surface area contributed by atoms with Crippen LogP contribution in [0.3, 0.4) is 0 Å². The standard InChI is InChI=1S/C19H33N7O.3C2HF3O2/c1-15(2)24-7-5-19(6-8-24)18-21-20-16(26(18)14-11-23(19)4)17(27)25-12-9-22(3)10-13-25;3*3-2(4,5)1(6)7/h15H,5-14H2,1-4H3;3*(H,6,7). The van der Waals surface area contributed by atoms with Crippen LogP contribution in [0.25, 0.3) is 0 Å². The highest BCUT2D eigenvalue weighted by Gasteiger charge is 2.47. The minimum absolute atomic E-state index is 0.0427. The molecule has 2 saturated heterocycles. The highest BCUT2D eigenvalue weighted by atomic mass is 19.4. The Hall–Kier alpha value is -3.73. The van der Waals surface area contributed by atoms with Gasteiger partial charge in [-0.25, -0.2) is 14.4 Å². The molecule has 14 nitrogen and oxygen atoms in total. The summed E-state index contributed by atoms with van der Waals surface area (Å²) in [6.45, 7) is 11.8. The Bertz CT molecular complexity index is 1200. The maximum Gasteiger partial charge on any atom is 0.490 e. The van der Waals surface area contributed by atoms with Crippen molar-refractivity contribution in [2.45, 2.75) is 63.3 Å². The molecule has 0 radical (unpaired) electrons. The predicted octanol–water partition coefficient (Wildman–Crippen LogP) is 2.21. The van der Waals surface area contributed by atoms with Crippen molar-refractivity contribution in [3.63, 3.8) is 0 Å².